The third kappa shape index (κ3) is 3.82. The summed E-state index contributed by atoms with van der Waals surface area (Å²) in [4.78, 5) is 4.28. The van der Waals surface area contributed by atoms with E-state index in [0.717, 1.165) is 38.1 Å². The Morgan fingerprint density at radius 3 is 2.70 bits per heavy atom. The summed E-state index contributed by atoms with van der Waals surface area (Å²) in [7, 11) is -3.25. The van der Waals surface area contributed by atoms with Crippen molar-refractivity contribution in [2.24, 2.45) is 0 Å². The van der Waals surface area contributed by atoms with Gasteiger partial charge in [0.15, 0.2) is 0 Å². The molecule has 1 aromatic carbocycles. The van der Waals surface area contributed by atoms with E-state index in [1.807, 2.05) is 29.0 Å². The van der Waals surface area contributed by atoms with E-state index in [1.54, 1.807) is 13.1 Å². The van der Waals surface area contributed by atoms with Crippen LogP contribution in [0.1, 0.15) is 37.6 Å². The van der Waals surface area contributed by atoms with E-state index in [1.165, 1.54) is 5.56 Å². The van der Waals surface area contributed by atoms with Crippen LogP contribution in [0.4, 0.5) is 0 Å². The quantitative estimate of drug-likeness (QED) is 0.807. The lowest BCUT2D eigenvalue weighted by Gasteiger charge is -2.13. The van der Waals surface area contributed by atoms with Crippen molar-refractivity contribution in [1.29, 1.82) is 0 Å². The van der Waals surface area contributed by atoms with Gasteiger partial charge in [-0.15, -0.1) is 0 Å². The second-order valence-electron chi connectivity index (χ2n) is 6.40. The van der Waals surface area contributed by atoms with Crippen LogP contribution < -0.4 is 4.72 Å². The van der Waals surface area contributed by atoms with Gasteiger partial charge in [0, 0.05) is 18.9 Å². The Hall–Kier alpha value is -1.66. The highest BCUT2D eigenvalue weighted by molar-refractivity contribution is 7.91. The van der Waals surface area contributed by atoms with Crippen molar-refractivity contribution in [3.8, 4) is 0 Å². The molecule has 6 heteroatoms. The van der Waals surface area contributed by atoms with E-state index in [4.69, 9.17) is 0 Å². The van der Waals surface area contributed by atoms with Gasteiger partial charge in [-0.2, -0.15) is 0 Å². The van der Waals surface area contributed by atoms with E-state index in [2.05, 4.69) is 21.8 Å². The maximum absolute atomic E-state index is 12.2. The average molecular weight is 333 g/mol. The molecule has 124 valence electrons. The first-order chi connectivity index (χ1) is 11.0. The summed E-state index contributed by atoms with van der Waals surface area (Å²) in [5, 5.41) is 0. The molecule has 1 aliphatic rings. The Bertz CT molecular complexity index is 749. The number of rotatable bonds is 8. The summed E-state index contributed by atoms with van der Waals surface area (Å²) in [6.07, 6.45) is 7.13. The summed E-state index contributed by atoms with van der Waals surface area (Å²) in [6, 6.07) is 10.4. The number of imidazole rings is 1. The highest BCUT2D eigenvalue weighted by atomic mass is 32.2. The highest BCUT2D eigenvalue weighted by Crippen LogP contribution is 2.42. The Labute approximate surface area is 137 Å². The van der Waals surface area contributed by atoms with Gasteiger partial charge in [-0.25, -0.2) is 18.1 Å². The van der Waals surface area contributed by atoms with Gasteiger partial charge in [0.2, 0.25) is 10.0 Å². The zero-order chi connectivity index (χ0) is 16.3. The van der Waals surface area contributed by atoms with Crippen LogP contribution in [-0.2, 0) is 29.5 Å². The third-order valence-electron chi connectivity index (χ3n) is 4.53. The van der Waals surface area contributed by atoms with Crippen LogP contribution in [0.15, 0.2) is 42.7 Å². The molecule has 0 bridgehead atoms. The lowest BCUT2D eigenvalue weighted by Crippen LogP contribution is -2.34. The van der Waals surface area contributed by atoms with Crippen molar-refractivity contribution >= 4 is 10.0 Å². The van der Waals surface area contributed by atoms with Crippen molar-refractivity contribution in [3.63, 3.8) is 0 Å². The standard InChI is InChI=1S/C17H23N3O2S/c1-17(9-10-17)23(21,22)19-14-16-18-11-13-20(16)12-5-8-15-6-3-2-4-7-15/h2-4,6-7,11,13,19H,5,8-10,12,14H2,1H3. The molecule has 0 unspecified atom stereocenters. The van der Waals surface area contributed by atoms with Gasteiger partial charge in [-0.3, -0.25) is 0 Å². The molecule has 1 fully saturated rings. The first kappa shape index (κ1) is 16.2. The normalized spacial score (nSPS) is 16.4. The lowest BCUT2D eigenvalue weighted by molar-refractivity contribution is 0.556. The molecule has 3 rings (SSSR count). The van der Waals surface area contributed by atoms with E-state index >= 15 is 0 Å². The number of aryl methyl sites for hydroxylation is 2. The van der Waals surface area contributed by atoms with Crippen LogP contribution in [-0.4, -0.2) is 22.7 Å². The molecule has 0 atom stereocenters. The second-order valence-corrected chi connectivity index (χ2v) is 8.68. The summed E-state index contributed by atoms with van der Waals surface area (Å²) in [6.45, 7) is 2.89. The second kappa shape index (κ2) is 6.45. The minimum Gasteiger partial charge on any atom is -0.334 e. The third-order valence-corrected chi connectivity index (χ3v) is 6.76. The Kier molecular flexibility index (Phi) is 4.55. The van der Waals surface area contributed by atoms with E-state index in [-0.39, 0.29) is 6.54 Å². The van der Waals surface area contributed by atoms with Crippen molar-refractivity contribution < 1.29 is 8.42 Å². The van der Waals surface area contributed by atoms with Gasteiger partial charge in [-0.05, 0) is 38.2 Å². The van der Waals surface area contributed by atoms with Gasteiger partial charge in [0.05, 0.1) is 11.3 Å². The predicted octanol–water partition coefficient (Wildman–Crippen LogP) is 2.49. The Morgan fingerprint density at radius 2 is 2.00 bits per heavy atom. The smallest absolute Gasteiger partial charge is 0.217 e. The molecule has 5 nitrogen and oxygen atoms in total. The van der Waals surface area contributed by atoms with Gasteiger partial charge in [-0.1, -0.05) is 30.3 Å². The zero-order valence-electron chi connectivity index (χ0n) is 13.4. The summed E-state index contributed by atoms with van der Waals surface area (Å²) < 4.78 is 28.5. The van der Waals surface area contributed by atoms with Gasteiger partial charge in [0.25, 0.3) is 0 Å². The molecule has 0 spiro atoms. The molecule has 1 heterocycles. The number of sulfonamides is 1. The van der Waals surface area contributed by atoms with E-state index in [0.29, 0.717) is 0 Å². The van der Waals surface area contributed by atoms with Gasteiger partial charge in [0.1, 0.15) is 5.82 Å². The molecular weight excluding hydrogens is 310 g/mol. The molecule has 1 aliphatic carbocycles. The van der Waals surface area contributed by atoms with Crippen LogP contribution in [0.3, 0.4) is 0 Å². The summed E-state index contributed by atoms with van der Waals surface area (Å²) in [5.74, 6) is 0.769. The predicted molar refractivity (Wildman–Crippen MR) is 90.4 cm³/mol. The maximum atomic E-state index is 12.2. The number of benzene rings is 1. The monoisotopic (exact) mass is 333 g/mol. The van der Waals surface area contributed by atoms with Crippen LogP contribution in [0.25, 0.3) is 0 Å². The minimum absolute atomic E-state index is 0.260. The fraction of sp³-hybridized carbons (Fsp3) is 0.471. The topological polar surface area (TPSA) is 64.0 Å². The van der Waals surface area contributed by atoms with Crippen molar-refractivity contribution in [2.75, 3.05) is 0 Å². The number of nitrogens with zero attached hydrogens (tertiary/aromatic N) is 2. The molecule has 2 aromatic rings. The van der Waals surface area contributed by atoms with Crippen LogP contribution in [0.5, 0.6) is 0 Å². The van der Waals surface area contributed by atoms with Crippen molar-refractivity contribution in [1.82, 2.24) is 14.3 Å². The Balaban J connectivity index is 1.53. The number of hydrogen-bond donors (Lipinski definition) is 1. The number of nitrogens with one attached hydrogen (secondary N) is 1. The zero-order valence-corrected chi connectivity index (χ0v) is 14.2. The van der Waals surface area contributed by atoms with Gasteiger partial charge >= 0.3 is 0 Å². The molecular formula is C17H23N3O2S. The van der Waals surface area contributed by atoms with Crippen LogP contribution >= 0.6 is 0 Å². The number of hydrogen-bond acceptors (Lipinski definition) is 3. The van der Waals surface area contributed by atoms with Crippen molar-refractivity contribution in [2.45, 2.75) is 50.4 Å². The minimum atomic E-state index is -3.25. The Morgan fingerprint density at radius 1 is 1.26 bits per heavy atom. The summed E-state index contributed by atoms with van der Waals surface area (Å²) >= 11 is 0. The molecule has 1 N–H and O–H groups in total. The van der Waals surface area contributed by atoms with Crippen LogP contribution in [0.2, 0.25) is 0 Å². The first-order valence-electron chi connectivity index (χ1n) is 8.03. The fourth-order valence-electron chi connectivity index (χ4n) is 2.59. The van der Waals surface area contributed by atoms with Crippen molar-refractivity contribution in [3.05, 3.63) is 54.1 Å². The molecule has 0 amide bonds. The summed E-state index contributed by atoms with van der Waals surface area (Å²) in [5.41, 5.74) is 1.32. The molecule has 0 aliphatic heterocycles. The first-order valence-corrected chi connectivity index (χ1v) is 9.52. The molecule has 1 aromatic heterocycles. The highest BCUT2D eigenvalue weighted by Gasteiger charge is 2.49. The average Bonchev–Trinajstić information content (AvgIpc) is 3.15. The molecule has 0 radical (unpaired) electrons. The fourth-order valence-corrected chi connectivity index (χ4v) is 3.89. The van der Waals surface area contributed by atoms with Crippen LogP contribution in [0, 0.1) is 0 Å². The molecule has 1 saturated carbocycles. The largest absolute Gasteiger partial charge is 0.334 e. The van der Waals surface area contributed by atoms with E-state index in [9.17, 15) is 8.42 Å². The van der Waals surface area contributed by atoms with Gasteiger partial charge < -0.3 is 4.57 Å². The number of aromatic nitrogens is 2. The molecule has 23 heavy (non-hydrogen) atoms. The lowest BCUT2D eigenvalue weighted by atomic mass is 10.1. The molecule has 0 saturated heterocycles. The maximum Gasteiger partial charge on any atom is 0.217 e. The van der Waals surface area contributed by atoms with E-state index < -0.39 is 14.8 Å². The SMILES string of the molecule is CC1(S(=O)(=O)NCc2nccn2CCCc2ccccc2)CC1.